The van der Waals surface area contributed by atoms with Crippen molar-refractivity contribution in [3.8, 4) is 11.5 Å². The van der Waals surface area contributed by atoms with Gasteiger partial charge in [0.2, 0.25) is 0 Å². The Labute approximate surface area is 183 Å². The van der Waals surface area contributed by atoms with Crippen molar-refractivity contribution < 1.29 is 27.0 Å². The fourth-order valence-electron chi connectivity index (χ4n) is 5.47. The van der Waals surface area contributed by atoms with E-state index < -0.39 is 41.3 Å². The first kappa shape index (κ1) is 24.2. The summed E-state index contributed by atoms with van der Waals surface area (Å²) in [5.41, 5.74) is 0. The molecule has 2 nitrogen and oxygen atoms in total. The Morgan fingerprint density at radius 3 is 1.90 bits per heavy atom. The number of rotatable bonds is 8. The van der Waals surface area contributed by atoms with Crippen LogP contribution < -0.4 is 9.47 Å². The second-order valence-electron chi connectivity index (χ2n) is 9.73. The molecule has 2 aliphatic carbocycles. The Bertz CT molecular complexity index is 682. The maximum atomic E-state index is 14.8. The third-order valence-corrected chi connectivity index (χ3v) is 7.08. The zero-order valence-corrected chi connectivity index (χ0v) is 18.9. The van der Waals surface area contributed by atoms with Crippen LogP contribution in [0.1, 0.15) is 85.0 Å². The second-order valence-corrected chi connectivity index (χ2v) is 9.73. The summed E-state index contributed by atoms with van der Waals surface area (Å²) in [4.78, 5) is 0. The summed E-state index contributed by atoms with van der Waals surface area (Å²) >= 11 is 0. The minimum atomic E-state index is -3.46. The van der Waals surface area contributed by atoms with E-state index in [-0.39, 0.29) is 0 Å². The average Bonchev–Trinajstić information content (AvgIpc) is 2.71. The molecule has 3 rings (SSSR count). The summed E-state index contributed by atoms with van der Waals surface area (Å²) in [6.07, 6.45) is 5.93. The van der Waals surface area contributed by atoms with Gasteiger partial charge >= 0.3 is 6.11 Å². The van der Waals surface area contributed by atoms with E-state index in [1.165, 1.54) is 38.5 Å². The highest BCUT2D eigenvalue weighted by atomic mass is 19.3. The molecule has 1 aromatic rings. The van der Waals surface area contributed by atoms with E-state index in [2.05, 4.69) is 6.92 Å². The number of ether oxygens (including phenoxy) is 2. The molecule has 0 amide bonds. The molecule has 6 heteroatoms. The van der Waals surface area contributed by atoms with E-state index in [1.807, 2.05) is 0 Å². The SMILES string of the molecule is CCCC1CCC(C2CCC(C(F)(F)Oc3cc(F)c(OC(C)C)c(F)c3)CC2)CC1. The summed E-state index contributed by atoms with van der Waals surface area (Å²) in [6, 6.07) is 1.55. The predicted molar refractivity (Wildman–Crippen MR) is 114 cm³/mol. The van der Waals surface area contributed by atoms with Crippen molar-refractivity contribution in [2.24, 2.45) is 23.7 Å². The first-order valence-electron chi connectivity index (χ1n) is 11.9. The Hall–Kier alpha value is -1.46. The number of alkyl halides is 2. The molecule has 176 valence electrons. The van der Waals surface area contributed by atoms with Gasteiger partial charge in [-0.05, 0) is 70.1 Å². The molecule has 0 heterocycles. The monoisotopic (exact) mass is 444 g/mol. The topological polar surface area (TPSA) is 18.5 Å². The lowest BCUT2D eigenvalue weighted by Crippen LogP contribution is -2.38. The Kier molecular flexibility index (Phi) is 8.14. The lowest BCUT2D eigenvalue weighted by atomic mass is 9.68. The smallest absolute Gasteiger partial charge is 0.400 e. The minimum Gasteiger partial charge on any atom is -0.485 e. The Balaban J connectivity index is 1.54. The number of halogens is 4. The van der Waals surface area contributed by atoms with Gasteiger partial charge in [-0.1, -0.05) is 32.6 Å². The maximum absolute atomic E-state index is 14.8. The summed E-state index contributed by atoms with van der Waals surface area (Å²) in [5, 5.41) is 0. The quantitative estimate of drug-likeness (QED) is 0.377. The van der Waals surface area contributed by atoms with Crippen molar-refractivity contribution >= 4 is 0 Å². The molecule has 2 fully saturated rings. The zero-order chi connectivity index (χ0) is 22.6. The fourth-order valence-corrected chi connectivity index (χ4v) is 5.47. The number of benzene rings is 1. The summed E-state index contributed by atoms with van der Waals surface area (Å²) in [6.45, 7) is 5.49. The molecule has 1 aromatic carbocycles. The first-order chi connectivity index (χ1) is 14.7. The van der Waals surface area contributed by atoms with Gasteiger partial charge in [-0.25, -0.2) is 8.78 Å². The van der Waals surface area contributed by atoms with Gasteiger partial charge in [0.05, 0.1) is 12.0 Å². The van der Waals surface area contributed by atoms with Crippen molar-refractivity contribution in [2.45, 2.75) is 97.2 Å². The summed E-state index contributed by atoms with van der Waals surface area (Å²) in [7, 11) is 0. The van der Waals surface area contributed by atoms with Gasteiger partial charge in [0, 0.05) is 12.1 Å². The molecule has 0 unspecified atom stereocenters. The van der Waals surface area contributed by atoms with Gasteiger partial charge in [0.1, 0.15) is 5.75 Å². The predicted octanol–water partition coefficient (Wildman–Crippen LogP) is 8.14. The van der Waals surface area contributed by atoms with E-state index in [9.17, 15) is 17.6 Å². The number of hydrogen-bond donors (Lipinski definition) is 0. The first-order valence-corrected chi connectivity index (χ1v) is 11.9. The van der Waals surface area contributed by atoms with Crippen LogP contribution in [0.3, 0.4) is 0 Å². The van der Waals surface area contributed by atoms with Crippen LogP contribution in [-0.4, -0.2) is 12.2 Å². The van der Waals surface area contributed by atoms with E-state index in [1.54, 1.807) is 13.8 Å². The van der Waals surface area contributed by atoms with Gasteiger partial charge < -0.3 is 9.47 Å². The van der Waals surface area contributed by atoms with Gasteiger partial charge in [0.15, 0.2) is 17.4 Å². The van der Waals surface area contributed by atoms with Crippen LogP contribution in [-0.2, 0) is 0 Å². The van der Waals surface area contributed by atoms with Crippen LogP contribution in [0.2, 0.25) is 0 Å². The maximum Gasteiger partial charge on any atom is 0.400 e. The highest BCUT2D eigenvalue weighted by molar-refractivity contribution is 5.35. The standard InChI is InChI=1S/C25H36F4O2/c1-4-5-17-6-8-18(9-7-17)19-10-12-20(13-11-19)25(28,29)31-21-14-22(26)24(23(27)15-21)30-16(2)3/h14-20H,4-13H2,1-3H3. The van der Waals surface area contributed by atoms with Crippen LogP contribution in [0.25, 0.3) is 0 Å². The molecular formula is C25H36F4O2. The zero-order valence-electron chi connectivity index (χ0n) is 18.9. The lowest BCUT2D eigenvalue weighted by Gasteiger charge is -2.39. The normalized spacial score (nSPS) is 27.4. The van der Waals surface area contributed by atoms with Crippen LogP contribution in [0.5, 0.6) is 11.5 Å². The molecule has 2 aliphatic rings. The van der Waals surface area contributed by atoms with E-state index in [4.69, 9.17) is 9.47 Å². The van der Waals surface area contributed by atoms with Crippen molar-refractivity contribution in [3.05, 3.63) is 23.8 Å². The van der Waals surface area contributed by atoms with Crippen molar-refractivity contribution in [1.29, 1.82) is 0 Å². The molecule has 2 saturated carbocycles. The van der Waals surface area contributed by atoms with Gasteiger partial charge in [-0.2, -0.15) is 8.78 Å². The lowest BCUT2D eigenvalue weighted by molar-refractivity contribution is -0.224. The molecule has 0 aliphatic heterocycles. The molecule has 0 saturated heterocycles. The van der Waals surface area contributed by atoms with Crippen molar-refractivity contribution in [2.75, 3.05) is 0 Å². The molecular weight excluding hydrogens is 408 g/mol. The molecule has 0 N–H and O–H groups in total. The van der Waals surface area contributed by atoms with E-state index >= 15 is 0 Å². The molecule has 0 radical (unpaired) electrons. The molecule has 0 aromatic heterocycles. The highest BCUT2D eigenvalue weighted by Crippen LogP contribution is 2.46. The Morgan fingerprint density at radius 1 is 0.903 bits per heavy atom. The van der Waals surface area contributed by atoms with Crippen LogP contribution in [0.4, 0.5) is 17.6 Å². The van der Waals surface area contributed by atoms with Crippen LogP contribution >= 0.6 is 0 Å². The van der Waals surface area contributed by atoms with Gasteiger partial charge in [0.25, 0.3) is 0 Å². The second kappa shape index (κ2) is 10.4. The molecule has 0 bridgehead atoms. The molecule has 31 heavy (non-hydrogen) atoms. The third kappa shape index (κ3) is 6.29. The van der Waals surface area contributed by atoms with Crippen molar-refractivity contribution in [3.63, 3.8) is 0 Å². The van der Waals surface area contributed by atoms with Gasteiger partial charge in [-0.15, -0.1) is 0 Å². The highest BCUT2D eigenvalue weighted by Gasteiger charge is 2.45. The van der Waals surface area contributed by atoms with Crippen LogP contribution in [0.15, 0.2) is 12.1 Å². The van der Waals surface area contributed by atoms with Gasteiger partial charge in [-0.3, -0.25) is 0 Å². The number of hydrogen-bond acceptors (Lipinski definition) is 2. The average molecular weight is 445 g/mol. The molecule has 0 spiro atoms. The summed E-state index contributed by atoms with van der Waals surface area (Å²) in [5.74, 6) is -2.08. The third-order valence-electron chi connectivity index (χ3n) is 7.08. The minimum absolute atomic E-state index is 0.381. The van der Waals surface area contributed by atoms with E-state index in [0.29, 0.717) is 24.7 Å². The van der Waals surface area contributed by atoms with Crippen LogP contribution in [0, 0.1) is 35.3 Å². The Morgan fingerprint density at radius 2 is 1.42 bits per heavy atom. The van der Waals surface area contributed by atoms with Crippen molar-refractivity contribution in [1.82, 2.24) is 0 Å². The fraction of sp³-hybridized carbons (Fsp3) is 0.760. The van der Waals surface area contributed by atoms with E-state index in [0.717, 1.165) is 30.9 Å². The molecule has 0 atom stereocenters. The largest absolute Gasteiger partial charge is 0.485 e. The summed E-state index contributed by atoms with van der Waals surface area (Å²) < 4.78 is 67.7.